The zero-order chi connectivity index (χ0) is 15.2. The van der Waals surface area contributed by atoms with Crippen LogP contribution < -0.4 is 5.32 Å². The Bertz CT molecular complexity index is 629. The highest BCUT2D eigenvalue weighted by atomic mass is 19.1. The lowest BCUT2D eigenvalue weighted by Crippen LogP contribution is -2.07. The van der Waals surface area contributed by atoms with Crippen molar-refractivity contribution < 1.29 is 14.4 Å². The molecule has 0 aliphatic heterocycles. The van der Waals surface area contributed by atoms with E-state index < -0.39 is 16.4 Å². The van der Waals surface area contributed by atoms with Crippen LogP contribution in [-0.4, -0.2) is 16.6 Å². The van der Waals surface area contributed by atoms with Crippen LogP contribution in [0.1, 0.15) is 11.1 Å². The molecule has 2 rings (SSSR count). The van der Waals surface area contributed by atoms with Gasteiger partial charge in [0.2, 0.25) is 5.82 Å². The second-order valence-electron chi connectivity index (χ2n) is 4.54. The topological polar surface area (TPSA) is 75.4 Å². The van der Waals surface area contributed by atoms with Crippen molar-refractivity contribution in [3.63, 3.8) is 0 Å². The van der Waals surface area contributed by atoms with Crippen LogP contribution in [0.3, 0.4) is 0 Å². The average molecular weight is 290 g/mol. The normalized spacial score (nSPS) is 10.4. The lowest BCUT2D eigenvalue weighted by molar-refractivity contribution is -0.386. The summed E-state index contributed by atoms with van der Waals surface area (Å²) in [6, 6.07) is 11.4. The fourth-order valence-electron chi connectivity index (χ4n) is 2.00. The molecule has 0 radical (unpaired) electrons. The van der Waals surface area contributed by atoms with Crippen molar-refractivity contribution >= 4 is 11.4 Å². The van der Waals surface area contributed by atoms with Gasteiger partial charge in [-0.2, -0.15) is 4.39 Å². The van der Waals surface area contributed by atoms with Crippen molar-refractivity contribution in [3.05, 3.63) is 69.5 Å². The third-order valence-corrected chi connectivity index (χ3v) is 3.10. The van der Waals surface area contributed by atoms with Crippen molar-refractivity contribution in [2.75, 3.05) is 11.9 Å². The molecule has 21 heavy (non-hydrogen) atoms. The number of nitro benzene ring substituents is 1. The van der Waals surface area contributed by atoms with Crippen LogP contribution in [-0.2, 0) is 13.0 Å². The lowest BCUT2D eigenvalue weighted by atomic mass is 10.1. The molecular weight excluding hydrogens is 275 g/mol. The van der Waals surface area contributed by atoms with Gasteiger partial charge in [-0.25, -0.2) is 0 Å². The van der Waals surface area contributed by atoms with Crippen LogP contribution in [0.15, 0.2) is 42.5 Å². The van der Waals surface area contributed by atoms with Gasteiger partial charge in [-0.1, -0.05) is 30.3 Å². The lowest BCUT2D eigenvalue weighted by Gasteiger charge is -2.08. The Balaban J connectivity index is 2.00. The molecule has 0 fully saturated rings. The molecule has 0 amide bonds. The molecule has 0 saturated carbocycles. The molecular formula is C15H15FN2O3. The zero-order valence-electron chi connectivity index (χ0n) is 11.3. The van der Waals surface area contributed by atoms with Gasteiger partial charge in [0.15, 0.2) is 0 Å². The monoisotopic (exact) mass is 290 g/mol. The predicted molar refractivity (Wildman–Crippen MR) is 77.6 cm³/mol. The maximum atomic E-state index is 13.4. The molecule has 0 aliphatic rings. The van der Waals surface area contributed by atoms with Gasteiger partial charge in [0, 0.05) is 6.54 Å². The van der Waals surface area contributed by atoms with Crippen molar-refractivity contribution in [3.8, 4) is 0 Å². The van der Waals surface area contributed by atoms with Crippen LogP contribution >= 0.6 is 0 Å². The van der Waals surface area contributed by atoms with Crippen molar-refractivity contribution in [2.45, 2.75) is 13.0 Å². The smallest absolute Gasteiger partial charge is 0.327 e. The fourth-order valence-corrected chi connectivity index (χ4v) is 2.00. The largest absolute Gasteiger partial charge is 0.392 e. The number of anilines is 1. The molecule has 5 nitrogen and oxygen atoms in total. The summed E-state index contributed by atoms with van der Waals surface area (Å²) in [6.45, 7) is 0.441. The molecule has 6 heteroatoms. The Morgan fingerprint density at radius 3 is 2.43 bits per heavy atom. The number of aliphatic hydroxyl groups excluding tert-OH is 1. The number of hydrogen-bond donors (Lipinski definition) is 2. The summed E-state index contributed by atoms with van der Waals surface area (Å²) >= 11 is 0. The van der Waals surface area contributed by atoms with E-state index in [4.69, 9.17) is 5.11 Å². The third kappa shape index (κ3) is 3.76. The van der Waals surface area contributed by atoms with Crippen molar-refractivity contribution in [2.24, 2.45) is 0 Å². The van der Waals surface area contributed by atoms with E-state index in [1.54, 1.807) is 0 Å². The van der Waals surface area contributed by atoms with E-state index in [9.17, 15) is 14.5 Å². The molecule has 0 atom stereocenters. The number of nitro groups is 1. The first-order valence-electron chi connectivity index (χ1n) is 6.47. The number of halogens is 1. The van der Waals surface area contributed by atoms with E-state index in [1.807, 2.05) is 24.3 Å². The minimum Gasteiger partial charge on any atom is -0.392 e. The Hall–Kier alpha value is -2.47. The minimum absolute atomic E-state index is 0.00594. The molecule has 110 valence electrons. The molecule has 0 aromatic heterocycles. The Morgan fingerprint density at radius 2 is 1.81 bits per heavy atom. The Morgan fingerprint density at radius 1 is 1.14 bits per heavy atom. The molecule has 0 bridgehead atoms. The van der Waals surface area contributed by atoms with Crippen LogP contribution in [0.5, 0.6) is 0 Å². The predicted octanol–water partition coefficient (Wildman–Crippen LogP) is 2.88. The standard InChI is InChI=1S/C15H15FN2O3/c16-13-2-1-3-14(15(13)18(20)21)17-9-8-11-4-6-12(10-19)7-5-11/h1-7,17,19H,8-10H2. The molecule has 2 aromatic rings. The van der Waals surface area contributed by atoms with Crippen molar-refractivity contribution in [1.29, 1.82) is 0 Å². The van der Waals surface area contributed by atoms with E-state index in [0.29, 0.717) is 13.0 Å². The number of rotatable bonds is 6. The highest BCUT2D eigenvalue weighted by Crippen LogP contribution is 2.27. The quantitative estimate of drug-likeness (QED) is 0.633. The van der Waals surface area contributed by atoms with E-state index in [1.165, 1.54) is 12.1 Å². The van der Waals surface area contributed by atoms with Gasteiger partial charge in [-0.15, -0.1) is 0 Å². The third-order valence-electron chi connectivity index (χ3n) is 3.10. The van der Waals surface area contributed by atoms with Gasteiger partial charge >= 0.3 is 5.69 Å². The maximum absolute atomic E-state index is 13.4. The summed E-state index contributed by atoms with van der Waals surface area (Å²) in [5, 5.41) is 22.7. The van der Waals surface area contributed by atoms with Crippen molar-refractivity contribution in [1.82, 2.24) is 0 Å². The summed E-state index contributed by atoms with van der Waals surface area (Å²) in [5.41, 5.74) is 1.49. The summed E-state index contributed by atoms with van der Waals surface area (Å²) in [5.74, 6) is -0.850. The summed E-state index contributed by atoms with van der Waals surface area (Å²) in [6.07, 6.45) is 0.638. The number of hydrogen-bond acceptors (Lipinski definition) is 4. The Labute approximate surface area is 121 Å². The van der Waals surface area contributed by atoms with E-state index >= 15 is 0 Å². The maximum Gasteiger partial charge on any atom is 0.327 e. The number of nitrogens with zero attached hydrogens (tertiary/aromatic N) is 1. The molecule has 0 spiro atoms. The van der Waals surface area contributed by atoms with Crippen LogP contribution in [0, 0.1) is 15.9 Å². The first-order valence-corrected chi connectivity index (χ1v) is 6.47. The Kier molecular flexibility index (Phi) is 4.84. The first-order chi connectivity index (χ1) is 10.1. The molecule has 0 heterocycles. The number of benzene rings is 2. The highest BCUT2D eigenvalue weighted by Gasteiger charge is 2.19. The van der Waals surface area contributed by atoms with E-state index in [2.05, 4.69) is 5.32 Å². The van der Waals surface area contributed by atoms with Gasteiger partial charge < -0.3 is 10.4 Å². The van der Waals surface area contributed by atoms with E-state index in [-0.39, 0.29) is 12.3 Å². The van der Waals surface area contributed by atoms with Gasteiger partial charge in [0.05, 0.1) is 11.5 Å². The average Bonchev–Trinajstić information content (AvgIpc) is 2.47. The van der Waals surface area contributed by atoms with Gasteiger partial charge in [-0.3, -0.25) is 10.1 Å². The second kappa shape index (κ2) is 6.81. The molecule has 0 saturated heterocycles. The van der Waals surface area contributed by atoms with Gasteiger partial charge in [0.25, 0.3) is 0 Å². The first kappa shape index (κ1) is 14.9. The molecule has 0 unspecified atom stereocenters. The van der Waals surface area contributed by atoms with Gasteiger partial charge in [-0.05, 0) is 29.7 Å². The summed E-state index contributed by atoms with van der Waals surface area (Å²) in [7, 11) is 0. The zero-order valence-corrected chi connectivity index (χ0v) is 11.3. The highest BCUT2D eigenvalue weighted by molar-refractivity contribution is 5.61. The fraction of sp³-hybridized carbons (Fsp3) is 0.200. The van der Waals surface area contributed by atoms with Crippen LogP contribution in [0.25, 0.3) is 0 Å². The SMILES string of the molecule is O=[N+]([O-])c1c(F)cccc1NCCc1ccc(CO)cc1. The van der Waals surface area contributed by atoms with Crippen LogP contribution in [0.2, 0.25) is 0 Å². The van der Waals surface area contributed by atoms with Gasteiger partial charge in [0.1, 0.15) is 5.69 Å². The summed E-state index contributed by atoms with van der Waals surface area (Å²) < 4.78 is 13.4. The molecule has 2 N–H and O–H groups in total. The second-order valence-corrected chi connectivity index (χ2v) is 4.54. The molecule has 2 aromatic carbocycles. The molecule has 0 aliphatic carbocycles. The van der Waals surface area contributed by atoms with Crippen LogP contribution in [0.4, 0.5) is 15.8 Å². The minimum atomic E-state index is -0.850. The van der Waals surface area contributed by atoms with E-state index in [0.717, 1.165) is 17.2 Å². The number of para-hydroxylation sites is 1. The summed E-state index contributed by atoms with van der Waals surface area (Å²) in [4.78, 5) is 10.1. The number of aliphatic hydroxyl groups is 1. The number of nitrogens with one attached hydrogen (secondary N) is 1.